The highest BCUT2D eigenvalue weighted by atomic mass is 35.5. The monoisotopic (exact) mass is 394 g/mol. The van der Waals surface area contributed by atoms with Gasteiger partial charge in [0.2, 0.25) is 0 Å². The summed E-state index contributed by atoms with van der Waals surface area (Å²) in [6, 6.07) is 7.87. The lowest BCUT2D eigenvalue weighted by atomic mass is 9.94. The van der Waals surface area contributed by atoms with Gasteiger partial charge < -0.3 is 14.2 Å². The van der Waals surface area contributed by atoms with Crippen LogP contribution in [-0.2, 0) is 25.4 Å². The number of rotatable bonds is 5. The Kier molecular flexibility index (Phi) is 6.50. The van der Waals surface area contributed by atoms with Crippen molar-refractivity contribution in [1.82, 2.24) is 0 Å². The van der Waals surface area contributed by atoms with Crippen LogP contribution in [0.1, 0.15) is 64.9 Å². The van der Waals surface area contributed by atoms with E-state index in [-0.39, 0.29) is 18.2 Å². The van der Waals surface area contributed by atoms with Gasteiger partial charge in [-0.05, 0) is 45.2 Å². The maximum Gasteiger partial charge on any atom is 0.311 e. The Hall–Kier alpha value is -1.10. The van der Waals surface area contributed by atoms with E-state index >= 15 is 0 Å². The maximum atomic E-state index is 12.0. The summed E-state index contributed by atoms with van der Waals surface area (Å²) in [6.07, 6.45) is 6.54. The number of ether oxygens (including phenoxy) is 3. The SMILES string of the molecule is CC(C)(C)C(=O)OCC[C@H]1OC2(CCCCC2)O[C@@H]1Cc1ccccc1Cl. The molecule has 1 spiro atoms. The third-order valence-electron chi connectivity index (χ3n) is 5.39. The van der Waals surface area contributed by atoms with E-state index in [2.05, 4.69) is 0 Å². The Morgan fingerprint density at radius 1 is 1.15 bits per heavy atom. The summed E-state index contributed by atoms with van der Waals surface area (Å²) in [4.78, 5) is 12.0. The van der Waals surface area contributed by atoms with Crippen LogP contribution in [0, 0.1) is 5.41 Å². The molecule has 0 N–H and O–H groups in total. The van der Waals surface area contributed by atoms with Crippen LogP contribution >= 0.6 is 11.6 Å². The second-order valence-electron chi connectivity index (χ2n) is 8.75. The van der Waals surface area contributed by atoms with Crippen LogP contribution in [0.2, 0.25) is 5.02 Å². The van der Waals surface area contributed by atoms with Crippen molar-refractivity contribution >= 4 is 17.6 Å². The molecule has 1 aliphatic heterocycles. The minimum absolute atomic E-state index is 0.0728. The van der Waals surface area contributed by atoms with Crippen LogP contribution < -0.4 is 0 Å². The summed E-state index contributed by atoms with van der Waals surface area (Å²) in [7, 11) is 0. The number of esters is 1. The number of benzene rings is 1. The topological polar surface area (TPSA) is 44.8 Å². The molecule has 4 nitrogen and oxygen atoms in total. The zero-order valence-corrected chi connectivity index (χ0v) is 17.4. The van der Waals surface area contributed by atoms with Crippen molar-refractivity contribution < 1.29 is 19.0 Å². The van der Waals surface area contributed by atoms with Crippen molar-refractivity contribution in [3.63, 3.8) is 0 Å². The molecule has 2 aliphatic rings. The molecule has 0 radical (unpaired) electrons. The van der Waals surface area contributed by atoms with E-state index in [0.29, 0.717) is 19.4 Å². The summed E-state index contributed by atoms with van der Waals surface area (Å²) in [5.41, 5.74) is 0.575. The van der Waals surface area contributed by atoms with Gasteiger partial charge in [-0.3, -0.25) is 4.79 Å². The molecular formula is C22H31ClO4. The zero-order valence-electron chi connectivity index (χ0n) is 16.6. The van der Waals surface area contributed by atoms with Gasteiger partial charge in [0.1, 0.15) is 0 Å². The third kappa shape index (κ3) is 5.24. The van der Waals surface area contributed by atoms with E-state index in [0.717, 1.165) is 36.3 Å². The van der Waals surface area contributed by atoms with Crippen LogP contribution in [0.5, 0.6) is 0 Å². The summed E-state index contributed by atoms with van der Waals surface area (Å²) >= 11 is 6.36. The van der Waals surface area contributed by atoms with E-state index < -0.39 is 11.2 Å². The van der Waals surface area contributed by atoms with Gasteiger partial charge in [-0.15, -0.1) is 0 Å². The molecule has 0 unspecified atom stereocenters. The average Bonchev–Trinajstić information content (AvgIpc) is 2.93. The van der Waals surface area contributed by atoms with Gasteiger partial charge in [-0.25, -0.2) is 0 Å². The molecule has 0 amide bonds. The largest absolute Gasteiger partial charge is 0.465 e. The minimum Gasteiger partial charge on any atom is -0.465 e. The van der Waals surface area contributed by atoms with Crippen LogP contribution in [0.4, 0.5) is 0 Å². The second kappa shape index (κ2) is 8.50. The second-order valence-corrected chi connectivity index (χ2v) is 9.16. The van der Waals surface area contributed by atoms with Crippen LogP contribution in [-0.4, -0.2) is 30.6 Å². The first-order valence-corrected chi connectivity index (χ1v) is 10.4. The first kappa shape index (κ1) is 20.6. The highest BCUT2D eigenvalue weighted by Gasteiger charge is 2.47. The molecule has 0 bridgehead atoms. The van der Waals surface area contributed by atoms with Gasteiger partial charge in [-0.2, -0.15) is 0 Å². The lowest BCUT2D eigenvalue weighted by molar-refractivity contribution is -0.194. The molecule has 1 aromatic carbocycles. The Morgan fingerprint density at radius 2 is 1.81 bits per heavy atom. The van der Waals surface area contributed by atoms with E-state index in [1.807, 2.05) is 45.0 Å². The van der Waals surface area contributed by atoms with Gasteiger partial charge in [-0.1, -0.05) is 36.2 Å². The highest BCUT2D eigenvalue weighted by molar-refractivity contribution is 6.31. The predicted octanol–water partition coefficient (Wildman–Crippen LogP) is 5.31. The molecule has 1 aromatic rings. The fourth-order valence-electron chi connectivity index (χ4n) is 3.84. The van der Waals surface area contributed by atoms with Crippen LogP contribution in [0.3, 0.4) is 0 Å². The Bertz CT molecular complexity index is 646. The van der Waals surface area contributed by atoms with Crippen molar-refractivity contribution in [1.29, 1.82) is 0 Å². The van der Waals surface area contributed by atoms with Gasteiger partial charge >= 0.3 is 5.97 Å². The lowest BCUT2D eigenvalue weighted by Gasteiger charge is -2.32. The number of hydrogen-bond acceptors (Lipinski definition) is 4. The molecule has 3 rings (SSSR count). The zero-order chi connectivity index (χ0) is 19.5. The summed E-state index contributed by atoms with van der Waals surface area (Å²) in [5.74, 6) is -0.653. The Morgan fingerprint density at radius 3 is 2.48 bits per heavy atom. The predicted molar refractivity (Wildman–Crippen MR) is 106 cm³/mol. The maximum absolute atomic E-state index is 12.0. The summed E-state index contributed by atoms with van der Waals surface area (Å²) < 4.78 is 18.4. The van der Waals surface area contributed by atoms with Gasteiger partial charge in [0.15, 0.2) is 5.79 Å². The van der Waals surface area contributed by atoms with Crippen LogP contribution in [0.15, 0.2) is 24.3 Å². The molecule has 1 saturated heterocycles. The van der Waals surface area contributed by atoms with Crippen LogP contribution in [0.25, 0.3) is 0 Å². The molecule has 1 heterocycles. The van der Waals surface area contributed by atoms with Gasteiger partial charge in [0.25, 0.3) is 0 Å². The first-order chi connectivity index (χ1) is 12.8. The molecule has 0 aromatic heterocycles. The third-order valence-corrected chi connectivity index (χ3v) is 5.76. The molecule has 5 heteroatoms. The Balaban J connectivity index is 1.66. The molecular weight excluding hydrogens is 364 g/mol. The number of carbonyl (C=O) groups excluding carboxylic acids is 1. The fraction of sp³-hybridized carbons (Fsp3) is 0.682. The minimum atomic E-state index is -0.491. The highest BCUT2D eigenvalue weighted by Crippen LogP contribution is 2.42. The van der Waals surface area contributed by atoms with Crippen molar-refractivity contribution in [3.8, 4) is 0 Å². The molecule has 1 saturated carbocycles. The van der Waals surface area contributed by atoms with Crippen molar-refractivity contribution in [2.75, 3.05) is 6.61 Å². The quantitative estimate of drug-likeness (QED) is 0.635. The molecule has 2 atom stereocenters. The van der Waals surface area contributed by atoms with E-state index in [1.165, 1.54) is 6.42 Å². The van der Waals surface area contributed by atoms with Gasteiger partial charge in [0, 0.05) is 30.7 Å². The average molecular weight is 395 g/mol. The smallest absolute Gasteiger partial charge is 0.311 e. The molecule has 2 fully saturated rings. The van der Waals surface area contributed by atoms with Gasteiger partial charge in [0.05, 0.1) is 24.2 Å². The standard InChI is InChI=1S/C22H31ClO4/c1-21(2,3)20(24)25-14-11-18-19(15-16-9-5-6-10-17(16)23)27-22(26-18)12-7-4-8-13-22/h5-6,9-10,18-19H,4,7-8,11-15H2,1-3H3/t18-,19-/m1/s1. The summed E-state index contributed by atoms with van der Waals surface area (Å²) in [5, 5.41) is 0.753. The lowest BCUT2D eigenvalue weighted by Crippen LogP contribution is -2.33. The van der Waals surface area contributed by atoms with E-state index in [4.69, 9.17) is 25.8 Å². The number of carbonyl (C=O) groups is 1. The van der Waals surface area contributed by atoms with Crippen molar-refractivity contribution in [2.24, 2.45) is 5.41 Å². The fourth-order valence-corrected chi connectivity index (χ4v) is 4.05. The molecule has 150 valence electrons. The van der Waals surface area contributed by atoms with Crippen molar-refractivity contribution in [2.45, 2.75) is 83.7 Å². The number of hydrogen-bond donors (Lipinski definition) is 0. The summed E-state index contributed by atoms with van der Waals surface area (Å²) in [6.45, 7) is 5.93. The Labute approximate surface area is 167 Å². The first-order valence-electron chi connectivity index (χ1n) is 10.1. The molecule has 27 heavy (non-hydrogen) atoms. The molecule has 1 aliphatic carbocycles. The number of halogens is 1. The van der Waals surface area contributed by atoms with E-state index in [9.17, 15) is 4.79 Å². The normalized spacial score (nSPS) is 24.9. The van der Waals surface area contributed by atoms with Crippen molar-refractivity contribution in [3.05, 3.63) is 34.9 Å². The van der Waals surface area contributed by atoms with E-state index in [1.54, 1.807) is 0 Å².